The number of halogens is 1. The molecule has 0 aliphatic carbocycles. The lowest BCUT2D eigenvalue weighted by Gasteiger charge is -2.31. The average molecular weight is 285 g/mol. The van der Waals surface area contributed by atoms with Crippen molar-refractivity contribution in [2.24, 2.45) is 0 Å². The van der Waals surface area contributed by atoms with E-state index in [0.717, 1.165) is 19.4 Å². The molecule has 3 atom stereocenters. The second-order valence-electron chi connectivity index (χ2n) is 4.81. The molecule has 0 saturated carbocycles. The van der Waals surface area contributed by atoms with Crippen LogP contribution in [-0.2, 0) is 4.79 Å². The van der Waals surface area contributed by atoms with Crippen LogP contribution in [0.25, 0.3) is 0 Å². The molecule has 0 spiro atoms. The molecular formula is C14H21ClN2O2. The number of hydrogen-bond donors (Lipinski definition) is 3. The van der Waals surface area contributed by atoms with E-state index in [9.17, 15) is 9.90 Å². The first kappa shape index (κ1) is 16.0. The van der Waals surface area contributed by atoms with Gasteiger partial charge >= 0.3 is 0 Å². The Morgan fingerprint density at radius 2 is 2.11 bits per heavy atom. The maximum Gasteiger partial charge on any atom is 0.253 e. The van der Waals surface area contributed by atoms with Crippen LogP contribution in [0.15, 0.2) is 30.3 Å². The summed E-state index contributed by atoms with van der Waals surface area (Å²) in [4.78, 5) is 12.0. The fraction of sp³-hybridized carbons (Fsp3) is 0.500. The average Bonchev–Trinajstić information content (AvgIpc) is 2.41. The highest BCUT2D eigenvalue weighted by Crippen LogP contribution is 2.14. The van der Waals surface area contributed by atoms with Gasteiger partial charge in [0.15, 0.2) is 6.10 Å². The first-order valence-corrected chi connectivity index (χ1v) is 6.45. The number of piperidine rings is 1. The van der Waals surface area contributed by atoms with Crippen LogP contribution in [0.2, 0.25) is 0 Å². The summed E-state index contributed by atoms with van der Waals surface area (Å²) in [5, 5.41) is 16.2. The molecule has 2 rings (SSSR count). The quantitative estimate of drug-likeness (QED) is 0.786. The van der Waals surface area contributed by atoms with E-state index < -0.39 is 6.10 Å². The molecule has 1 heterocycles. The van der Waals surface area contributed by atoms with Gasteiger partial charge in [0.1, 0.15) is 0 Å². The number of carbonyl (C=O) groups is 1. The number of carbonyl (C=O) groups excluding carboxylic acids is 1. The number of aliphatic hydroxyl groups is 1. The van der Waals surface area contributed by atoms with Gasteiger partial charge in [-0.2, -0.15) is 0 Å². The van der Waals surface area contributed by atoms with E-state index in [-0.39, 0.29) is 30.4 Å². The van der Waals surface area contributed by atoms with Gasteiger partial charge in [0, 0.05) is 12.1 Å². The molecule has 3 unspecified atom stereocenters. The van der Waals surface area contributed by atoms with Crippen LogP contribution in [0.3, 0.4) is 0 Å². The van der Waals surface area contributed by atoms with Crippen LogP contribution in [-0.4, -0.2) is 29.6 Å². The molecule has 5 heteroatoms. The topological polar surface area (TPSA) is 61.4 Å². The largest absolute Gasteiger partial charge is 0.378 e. The molecule has 3 N–H and O–H groups in total. The molecule has 1 amide bonds. The Morgan fingerprint density at radius 1 is 1.42 bits per heavy atom. The van der Waals surface area contributed by atoms with Crippen molar-refractivity contribution in [3.63, 3.8) is 0 Å². The summed E-state index contributed by atoms with van der Waals surface area (Å²) in [6.45, 7) is 3.05. The van der Waals surface area contributed by atoms with Gasteiger partial charge in [-0.15, -0.1) is 12.4 Å². The van der Waals surface area contributed by atoms with Crippen molar-refractivity contribution in [2.45, 2.75) is 38.0 Å². The van der Waals surface area contributed by atoms with Gasteiger partial charge < -0.3 is 15.7 Å². The molecule has 1 fully saturated rings. The molecule has 1 aliphatic heterocycles. The third-order valence-corrected chi connectivity index (χ3v) is 3.45. The molecule has 4 nitrogen and oxygen atoms in total. The molecule has 0 bridgehead atoms. The number of nitrogens with one attached hydrogen (secondary N) is 2. The minimum atomic E-state index is -1.08. The van der Waals surface area contributed by atoms with Crippen molar-refractivity contribution in [2.75, 3.05) is 6.54 Å². The lowest BCUT2D eigenvalue weighted by molar-refractivity contribution is -0.130. The number of benzene rings is 1. The zero-order valence-corrected chi connectivity index (χ0v) is 11.8. The molecule has 1 aliphatic rings. The Labute approximate surface area is 120 Å². The van der Waals surface area contributed by atoms with E-state index in [1.807, 2.05) is 18.2 Å². The monoisotopic (exact) mass is 284 g/mol. The number of amides is 1. The summed E-state index contributed by atoms with van der Waals surface area (Å²) in [6, 6.07) is 9.36. The summed E-state index contributed by atoms with van der Waals surface area (Å²) < 4.78 is 0. The molecule has 19 heavy (non-hydrogen) atoms. The van der Waals surface area contributed by atoms with E-state index in [1.165, 1.54) is 0 Å². The standard InChI is InChI=1S/C14H20N2O2.ClH/c1-10-12(8-5-9-15-10)16-14(18)13(17)11-6-3-2-4-7-11;/h2-4,6-7,10,12-13,15,17H,5,8-9H2,1H3,(H,16,18);1H. The molecule has 1 aromatic rings. The minimum absolute atomic E-state index is 0. The first-order valence-electron chi connectivity index (χ1n) is 6.45. The summed E-state index contributed by atoms with van der Waals surface area (Å²) in [5.41, 5.74) is 0.631. The number of hydrogen-bond acceptors (Lipinski definition) is 3. The fourth-order valence-corrected chi connectivity index (χ4v) is 2.29. The Balaban J connectivity index is 0.00000180. The minimum Gasteiger partial charge on any atom is -0.378 e. The normalized spacial score (nSPS) is 24.1. The van der Waals surface area contributed by atoms with Crippen molar-refractivity contribution in [3.05, 3.63) is 35.9 Å². The Hall–Kier alpha value is -1.10. The Morgan fingerprint density at radius 3 is 2.74 bits per heavy atom. The Kier molecular flexibility index (Phi) is 6.28. The maximum atomic E-state index is 12.0. The van der Waals surface area contributed by atoms with Gasteiger partial charge in [0.2, 0.25) is 0 Å². The highest BCUT2D eigenvalue weighted by Gasteiger charge is 2.25. The maximum absolute atomic E-state index is 12.0. The van der Waals surface area contributed by atoms with Gasteiger partial charge in [0.05, 0.1) is 0 Å². The van der Waals surface area contributed by atoms with Crippen LogP contribution >= 0.6 is 12.4 Å². The number of rotatable bonds is 3. The van der Waals surface area contributed by atoms with Crippen molar-refractivity contribution in [3.8, 4) is 0 Å². The predicted octanol–water partition coefficient (Wildman–Crippen LogP) is 1.40. The van der Waals surface area contributed by atoms with Crippen LogP contribution in [0.5, 0.6) is 0 Å². The van der Waals surface area contributed by atoms with Crippen molar-refractivity contribution < 1.29 is 9.90 Å². The van der Waals surface area contributed by atoms with Crippen molar-refractivity contribution in [1.82, 2.24) is 10.6 Å². The van der Waals surface area contributed by atoms with Gasteiger partial charge in [-0.25, -0.2) is 0 Å². The predicted molar refractivity (Wildman–Crippen MR) is 77.3 cm³/mol. The van der Waals surface area contributed by atoms with Gasteiger partial charge in [0.25, 0.3) is 5.91 Å². The van der Waals surface area contributed by atoms with Crippen LogP contribution < -0.4 is 10.6 Å². The zero-order chi connectivity index (χ0) is 13.0. The van der Waals surface area contributed by atoms with Crippen molar-refractivity contribution >= 4 is 18.3 Å². The van der Waals surface area contributed by atoms with Gasteiger partial charge in [-0.1, -0.05) is 30.3 Å². The van der Waals surface area contributed by atoms with Crippen LogP contribution in [0, 0.1) is 0 Å². The summed E-state index contributed by atoms with van der Waals surface area (Å²) in [6.07, 6.45) is 0.929. The third-order valence-electron chi connectivity index (χ3n) is 3.45. The van der Waals surface area contributed by atoms with E-state index in [0.29, 0.717) is 5.56 Å². The van der Waals surface area contributed by atoms with Gasteiger partial charge in [-0.05, 0) is 31.9 Å². The van der Waals surface area contributed by atoms with E-state index in [4.69, 9.17) is 0 Å². The molecule has 0 aromatic heterocycles. The van der Waals surface area contributed by atoms with Gasteiger partial charge in [-0.3, -0.25) is 4.79 Å². The third kappa shape index (κ3) is 4.20. The lowest BCUT2D eigenvalue weighted by Crippen LogP contribution is -2.52. The molecular weight excluding hydrogens is 264 g/mol. The summed E-state index contributed by atoms with van der Waals surface area (Å²) in [7, 11) is 0. The SMILES string of the molecule is CC1NCCCC1NC(=O)C(O)c1ccccc1.Cl. The summed E-state index contributed by atoms with van der Waals surface area (Å²) >= 11 is 0. The Bertz CT molecular complexity index is 400. The smallest absolute Gasteiger partial charge is 0.253 e. The molecule has 1 saturated heterocycles. The highest BCUT2D eigenvalue weighted by atomic mass is 35.5. The highest BCUT2D eigenvalue weighted by molar-refractivity contribution is 5.85. The number of aliphatic hydroxyl groups excluding tert-OH is 1. The van der Waals surface area contributed by atoms with Crippen LogP contribution in [0.1, 0.15) is 31.4 Å². The van der Waals surface area contributed by atoms with E-state index in [1.54, 1.807) is 12.1 Å². The lowest BCUT2D eigenvalue weighted by atomic mass is 9.99. The van der Waals surface area contributed by atoms with Crippen LogP contribution in [0.4, 0.5) is 0 Å². The van der Waals surface area contributed by atoms with E-state index in [2.05, 4.69) is 17.6 Å². The molecule has 1 aromatic carbocycles. The zero-order valence-electron chi connectivity index (χ0n) is 11.0. The van der Waals surface area contributed by atoms with Crippen molar-refractivity contribution in [1.29, 1.82) is 0 Å². The fourth-order valence-electron chi connectivity index (χ4n) is 2.29. The second kappa shape index (κ2) is 7.48. The first-order chi connectivity index (χ1) is 8.68. The molecule has 0 radical (unpaired) electrons. The summed E-state index contributed by atoms with van der Waals surface area (Å²) in [5.74, 6) is -0.318. The van der Waals surface area contributed by atoms with E-state index >= 15 is 0 Å². The second-order valence-corrected chi connectivity index (χ2v) is 4.81. The molecule has 106 valence electrons.